The topological polar surface area (TPSA) is 29.0 Å². The number of hydrogen-bond donors (Lipinski definition) is 0. The first-order valence-corrected chi connectivity index (χ1v) is 5.98. The molecule has 0 aliphatic heterocycles. The summed E-state index contributed by atoms with van der Waals surface area (Å²) in [6, 6.07) is 5.48. The molecule has 0 spiro atoms. The molecule has 1 aromatic carbocycles. The molecule has 0 amide bonds. The molecule has 0 fully saturated rings. The maximum absolute atomic E-state index is 13.6. The first kappa shape index (κ1) is 13.5. The predicted octanol–water partition coefficient (Wildman–Crippen LogP) is 2.95. The SMILES string of the molecule is CC(c1ccncn1)N(C)Cc1ccc(F)cc1F. The van der Waals surface area contributed by atoms with Gasteiger partial charge in [0.15, 0.2) is 0 Å². The van der Waals surface area contributed by atoms with Crippen LogP contribution in [-0.4, -0.2) is 21.9 Å². The second-order valence-corrected chi connectivity index (χ2v) is 4.46. The molecule has 19 heavy (non-hydrogen) atoms. The maximum Gasteiger partial charge on any atom is 0.130 e. The average Bonchev–Trinajstić information content (AvgIpc) is 2.42. The maximum atomic E-state index is 13.6. The lowest BCUT2D eigenvalue weighted by Gasteiger charge is -2.24. The van der Waals surface area contributed by atoms with Gasteiger partial charge in [-0.2, -0.15) is 0 Å². The zero-order chi connectivity index (χ0) is 13.8. The van der Waals surface area contributed by atoms with Gasteiger partial charge in [0.2, 0.25) is 0 Å². The molecule has 0 bridgehead atoms. The molecule has 1 heterocycles. The van der Waals surface area contributed by atoms with E-state index in [9.17, 15) is 8.78 Å². The van der Waals surface area contributed by atoms with Gasteiger partial charge in [-0.05, 0) is 26.1 Å². The Hall–Kier alpha value is -1.88. The zero-order valence-corrected chi connectivity index (χ0v) is 10.8. The van der Waals surface area contributed by atoms with E-state index >= 15 is 0 Å². The predicted molar refractivity (Wildman–Crippen MR) is 68.3 cm³/mol. The van der Waals surface area contributed by atoms with E-state index in [4.69, 9.17) is 0 Å². The molecule has 0 N–H and O–H groups in total. The molecule has 2 aromatic rings. The Morgan fingerprint density at radius 1 is 1.26 bits per heavy atom. The van der Waals surface area contributed by atoms with Crippen LogP contribution in [-0.2, 0) is 6.54 Å². The Kier molecular flexibility index (Phi) is 4.16. The summed E-state index contributed by atoms with van der Waals surface area (Å²) in [6.07, 6.45) is 3.16. The smallest absolute Gasteiger partial charge is 0.130 e. The Morgan fingerprint density at radius 3 is 2.68 bits per heavy atom. The molecule has 0 aliphatic rings. The van der Waals surface area contributed by atoms with Crippen molar-refractivity contribution in [2.75, 3.05) is 7.05 Å². The lowest BCUT2D eigenvalue weighted by molar-refractivity contribution is 0.245. The van der Waals surface area contributed by atoms with E-state index in [1.165, 1.54) is 18.5 Å². The standard InChI is InChI=1S/C14H15F2N3/c1-10(14-5-6-17-9-18-14)19(2)8-11-3-4-12(15)7-13(11)16/h3-7,9-10H,8H2,1-2H3. The van der Waals surface area contributed by atoms with E-state index in [1.807, 2.05) is 24.9 Å². The summed E-state index contributed by atoms with van der Waals surface area (Å²) in [5, 5.41) is 0. The van der Waals surface area contributed by atoms with Crippen LogP contribution in [0.25, 0.3) is 0 Å². The van der Waals surface area contributed by atoms with Gasteiger partial charge >= 0.3 is 0 Å². The average molecular weight is 263 g/mol. The first-order valence-electron chi connectivity index (χ1n) is 5.98. The van der Waals surface area contributed by atoms with Crippen molar-refractivity contribution in [3.63, 3.8) is 0 Å². The highest BCUT2D eigenvalue weighted by Gasteiger charge is 2.15. The molecule has 100 valence electrons. The van der Waals surface area contributed by atoms with E-state index in [1.54, 1.807) is 6.20 Å². The van der Waals surface area contributed by atoms with Crippen LogP contribution in [0.15, 0.2) is 36.8 Å². The summed E-state index contributed by atoms with van der Waals surface area (Å²) >= 11 is 0. The van der Waals surface area contributed by atoms with Crippen LogP contribution in [0.3, 0.4) is 0 Å². The fraction of sp³-hybridized carbons (Fsp3) is 0.286. The van der Waals surface area contributed by atoms with Gasteiger partial charge < -0.3 is 0 Å². The third-order valence-corrected chi connectivity index (χ3v) is 3.13. The molecule has 1 atom stereocenters. The van der Waals surface area contributed by atoms with Crippen molar-refractivity contribution in [1.29, 1.82) is 0 Å². The van der Waals surface area contributed by atoms with E-state index < -0.39 is 11.6 Å². The summed E-state index contributed by atoms with van der Waals surface area (Å²) < 4.78 is 26.4. The molecule has 0 saturated heterocycles. The Labute approximate surface area is 110 Å². The number of hydrogen-bond acceptors (Lipinski definition) is 3. The van der Waals surface area contributed by atoms with Gasteiger partial charge in [-0.3, -0.25) is 4.90 Å². The van der Waals surface area contributed by atoms with E-state index in [0.717, 1.165) is 11.8 Å². The van der Waals surface area contributed by atoms with Gasteiger partial charge in [0.1, 0.15) is 18.0 Å². The Morgan fingerprint density at radius 2 is 2.05 bits per heavy atom. The Bertz CT molecular complexity index is 546. The van der Waals surface area contributed by atoms with Crippen molar-refractivity contribution in [1.82, 2.24) is 14.9 Å². The molecule has 1 aromatic heterocycles. The van der Waals surface area contributed by atoms with Gasteiger partial charge in [0.05, 0.1) is 5.69 Å². The number of halogens is 2. The van der Waals surface area contributed by atoms with Gasteiger partial charge in [-0.1, -0.05) is 6.07 Å². The molecule has 1 unspecified atom stereocenters. The van der Waals surface area contributed by atoms with Crippen LogP contribution in [0.1, 0.15) is 24.2 Å². The summed E-state index contributed by atoms with van der Waals surface area (Å²) in [7, 11) is 1.87. The number of aromatic nitrogens is 2. The van der Waals surface area contributed by atoms with Gasteiger partial charge in [-0.15, -0.1) is 0 Å². The van der Waals surface area contributed by atoms with E-state index in [2.05, 4.69) is 9.97 Å². The largest absolute Gasteiger partial charge is 0.294 e. The normalized spacial score (nSPS) is 12.7. The lowest BCUT2D eigenvalue weighted by atomic mass is 10.1. The van der Waals surface area contributed by atoms with Crippen molar-refractivity contribution >= 4 is 0 Å². The zero-order valence-electron chi connectivity index (χ0n) is 10.8. The van der Waals surface area contributed by atoms with Crippen molar-refractivity contribution < 1.29 is 8.78 Å². The van der Waals surface area contributed by atoms with Crippen LogP contribution < -0.4 is 0 Å². The van der Waals surface area contributed by atoms with Crippen LogP contribution in [0, 0.1) is 11.6 Å². The number of rotatable bonds is 4. The van der Waals surface area contributed by atoms with Crippen LogP contribution in [0.5, 0.6) is 0 Å². The van der Waals surface area contributed by atoms with Crippen LogP contribution in [0.4, 0.5) is 8.78 Å². The minimum Gasteiger partial charge on any atom is -0.294 e. The quantitative estimate of drug-likeness (QED) is 0.849. The number of nitrogens with zero attached hydrogens (tertiary/aromatic N) is 3. The molecule has 2 rings (SSSR count). The van der Waals surface area contributed by atoms with E-state index in [-0.39, 0.29) is 6.04 Å². The highest BCUT2D eigenvalue weighted by Crippen LogP contribution is 2.19. The number of benzene rings is 1. The lowest BCUT2D eigenvalue weighted by Crippen LogP contribution is -2.23. The molecule has 0 saturated carbocycles. The van der Waals surface area contributed by atoms with E-state index in [0.29, 0.717) is 12.1 Å². The molecular weight excluding hydrogens is 248 g/mol. The highest BCUT2D eigenvalue weighted by molar-refractivity contribution is 5.18. The molecular formula is C14H15F2N3. The molecule has 0 aliphatic carbocycles. The molecule has 3 nitrogen and oxygen atoms in total. The summed E-state index contributed by atoms with van der Waals surface area (Å²) in [5.41, 5.74) is 1.32. The fourth-order valence-electron chi connectivity index (χ4n) is 1.83. The second kappa shape index (κ2) is 5.84. The highest BCUT2D eigenvalue weighted by atomic mass is 19.1. The van der Waals surface area contributed by atoms with Crippen molar-refractivity contribution in [2.24, 2.45) is 0 Å². The third-order valence-electron chi connectivity index (χ3n) is 3.13. The minimum absolute atomic E-state index is 0.0208. The van der Waals surface area contributed by atoms with Crippen molar-refractivity contribution in [3.8, 4) is 0 Å². The first-order chi connectivity index (χ1) is 9.08. The van der Waals surface area contributed by atoms with Gasteiger partial charge in [0.25, 0.3) is 0 Å². The fourth-order valence-corrected chi connectivity index (χ4v) is 1.83. The van der Waals surface area contributed by atoms with Crippen molar-refractivity contribution in [2.45, 2.75) is 19.5 Å². The van der Waals surface area contributed by atoms with Crippen molar-refractivity contribution in [3.05, 3.63) is 59.7 Å². The van der Waals surface area contributed by atoms with Crippen LogP contribution >= 0.6 is 0 Å². The Balaban J connectivity index is 2.10. The monoisotopic (exact) mass is 263 g/mol. The second-order valence-electron chi connectivity index (χ2n) is 4.46. The van der Waals surface area contributed by atoms with Gasteiger partial charge in [-0.25, -0.2) is 18.7 Å². The summed E-state index contributed by atoms with van der Waals surface area (Å²) in [6.45, 7) is 2.36. The summed E-state index contributed by atoms with van der Waals surface area (Å²) in [5.74, 6) is -1.09. The minimum atomic E-state index is -0.562. The molecule has 0 radical (unpaired) electrons. The summed E-state index contributed by atoms with van der Waals surface area (Å²) in [4.78, 5) is 9.98. The van der Waals surface area contributed by atoms with Crippen LogP contribution in [0.2, 0.25) is 0 Å². The van der Waals surface area contributed by atoms with Gasteiger partial charge in [0, 0.05) is 30.4 Å². The molecule has 5 heteroatoms. The third kappa shape index (κ3) is 3.32.